The van der Waals surface area contributed by atoms with Gasteiger partial charge in [-0.05, 0) is 52.7 Å². The average Bonchev–Trinajstić information content (AvgIpc) is 3.24. The monoisotopic (exact) mass is 713 g/mol. The maximum atomic E-state index is 15.8. The van der Waals surface area contributed by atoms with Gasteiger partial charge in [0.05, 0.1) is 51.1 Å². The van der Waals surface area contributed by atoms with Crippen LogP contribution in [0.5, 0.6) is 5.75 Å². The minimum Gasteiger partial charge on any atom is -0.486 e. The molecular formula is C34H38Cl2FN7O5. The Morgan fingerprint density at radius 1 is 1.02 bits per heavy atom. The zero-order valence-electron chi connectivity index (χ0n) is 28.2. The molecule has 5 heterocycles. The van der Waals surface area contributed by atoms with Gasteiger partial charge < -0.3 is 25.0 Å². The van der Waals surface area contributed by atoms with E-state index < -0.39 is 28.6 Å². The molecule has 1 fully saturated rings. The molecule has 1 amide bonds. The number of rotatable bonds is 4. The van der Waals surface area contributed by atoms with Gasteiger partial charge in [-0.25, -0.2) is 19.2 Å². The van der Waals surface area contributed by atoms with Crippen LogP contribution in [-0.2, 0) is 17.6 Å². The van der Waals surface area contributed by atoms with Crippen LogP contribution in [0.4, 0.5) is 20.6 Å². The number of pyridine rings is 2. The van der Waals surface area contributed by atoms with Gasteiger partial charge in [0.25, 0.3) is 11.1 Å². The molecular weight excluding hydrogens is 676 g/mol. The molecule has 0 aliphatic carbocycles. The Balaban J connectivity index is 1.70. The summed E-state index contributed by atoms with van der Waals surface area (Å²) in [5, 5.41) is 0.0345. The summed E-state index contributed by atoms with van der Waals surface area (Å²) in [6.07, 6.45) is 2.34. The largest absolute Gasteiger partial charge is 0.486 e. The van der Waals surface area contributed by atoms with E-state index in [9.17, 15) is 14.4 Å². The number of amides is 1. The lowest BCUT2D eigenvalue weighted by Gasteiger charge is -2.42. The molecule has 2 N–H and O–H groups in total. The zero-order valence-corrected chi connectivity index (χ0v) is 29.7. The third kappa shape index (κ3) is 5.86. The zero-order chi connectivity index (χ0) is 35.5. The number of anilines is 2. The van der Waals surface area contributed by atoms with E-state index in [0.29, 0.717) is 72.7 Å². The number of carbonyl (C=O) groups excluding carboxylic acids is 1. The molecule has 260 valence electrons. The highest BCUT2D eigenvalue weighted by Gasteiger charge is 2.38. The number of nitrogens with two attached hydrogens (primary N) is 1. The molecule has 2 aliphatic heterocycles. The van der Waals surface area contributed by atoms with Crippen LogP contribution in [0.3, 0.4) is 0 Å². The van der Waals surface area contributed by atoms with Crippen molar-refractivity contribution in [3.8, 4) is 17.1 Å². The number of aromatic nitrogens is 4. The Labute approximate surface area is 292 Å². The highest BCUT2D eigenvalue weighted by atomic mass is 35.5. The standard InChI is InChI=1S/C34H38Cl2FN7O5/c1-7-22-28(23(8-2)40-16-39-22)44-27-19(13-17(3)43(31(27)45)29-24(37)20(35)14-21(36)25(29)38)26-30(32(44)46)48-12-9-18-15-41(10-11-42(18)26)33(47)49-34(4,5)6/h13-14,16,18H,7-12,15,38H2,1-6H3/t18-/m0/s1. The highest BCUT2D eigenvalue weighted by Crippen LogP contribution is 2.41. The van der Waals surface area contributed by atoms with Crippen LogP contribution in [0.1, 0.15) is 58.1 Å². The number of benzene rings is 1. The Kier molecular flexibility index (Phi) is 9.03. The van der Waals surface area contributed by atoms with E-state index in [1.807, 2.05) is 39.5 Å². The van der Waals surface area contributed by atoms with E-state index in [-0.39, 0.29) is 45.3 Å². The van der Waals surface area contributed by atoms with Crippen molar-refractivity contribution in [1.29, 1.82) is 0 Å². The van der Waals surface area contributed by atoms with Gasteiger partial charge in [-0.1, -0.05) is 37.0 Å². The van der Waals surface area contributed by atoms with Crippen LogP contribution in [0.15, 0.2) is 28.0 Å². The van der Waals surface area contributed by atoms with Gasteiger partial charge >= 0.3 is 6.09 Å². The summed E-state index contributed by atoms with van der Waals surface area (Å²) < 4.78 is 30.1. The van der Waals surface area contributed by atoms with E-state index >= 15 is 4.39 Å². The molecule has 15 heteroatoms. The molecule has 12 nitrogen and oxygen atoms in total. The predicted octanol–water partition coefficient (Wildman–Crippen LogP) is 5.60. The number of carbonyl (C=O) groups is 1. The van der Waals surface area contributed by atoms with Gasteiger partial charge in [-0.15, -0.1) is 0 Å². The Bertz CT molecular complexity index is 2080. The summed E-state index contributed by atoms with van der Waals surface area (Å²) in [6.45, 7) is 12.0. The summed E-state index contributed by atoms with van der Waals surface area (Å²) in [7, 11) is 0. The van der Waals surface area contributed by atoms with Gasteiger partial charge in [0, 0.05) is 37.1 Å². The topological polar surface area (TPSA) is 138 Å². The molecule has 0 radical (unpaired) electrons. The number of hydrogen-bond acceptors (Lipinski definition) is 9. The van der Waals surface area contributed by atoms with E-state index in [2.05, 4.69) is 9.97 Å². The lowest BCUT2D eigenvalue weighted by Crippen LogP contribution is -2.55. The molecule has 0 saturated carbocycles. The van der Waals surface area contributed by atoms with Crippen LogP contribution < -0.4 is 26.5 Å². The maximum Gasteiger partial charge on any atom is 0.410 e. The molecule has 4 aromatic rings. The van der Waals surface area contributed by atoms with Gasteiger partial charge in [0.1, 0.15) is 23.1 Å². The maximum absolute atomic E-state index is 15.8. The number of hydrogen-bond donors (Lipinski definition) is 1. The second kappa shape index (κ2) is 12.8. The van der Waals surface area contributed by atoms with Crippen LogP contribution in [0.2, 0.25) is 10.0 Å². The predicted molar refractivity (Wildman–Crippen MR) is 188 cm³/mol. The van der Waals surface area contributed by atoms with Gasteiger partial charge in [-0.3, -0.25) is 18.7 Å². The first-order valence-corrected chi connectivity index (χ1v) is 16.9. The molecule has 0 bridgehead atoms. The molecule has 0 unspecified atom stereocenters. The fourth-order valence-electron chi connectivity index (χ4n) is 6.69. The fourth-order valence-corrected chi connectivity index (χ4v) is 7.14. The summed E-state index contributed by atoms with van der Waals surface area (Å²) in [6, 6.07) is 2.61. The third-order valence-corrected chi connectivity index (χ3v) is 9.44. The number of fused-ring (bicyclic) bond motifs is 5. The Morgan fingerprint density at radius 3 is 2.33 bits per heavy atom. The fraction of sp³-hybridized carbons (Fsp3) is 0.441. The SMILES string of the molecule is CCc1ncnc(CC)c1-n1c(=O)c2c(c3cc(C)n(-c4c(N)c(Cl)cc(Cl)c4F)c(=O)c31)N1CCN(C(=O)OC(C)(C)C)C[C@@H]1CCO2. The first kappa shape index (κ1) is 34.5. The van der Waals surface area contributed by atoms with Crippen molar-refractivity contribution < 1.29 is 18.7 Å². The van der Waals surface area contributed by atoms with Crippen molar-refractivity contribution in [2.75, 3.05) is 36.9 Å². The van der Waals surface area contributed by atoms with Gasteiger partial charge in [-0.2, -0.15) is 0 Å². The number of aryl methyl sites for hydroxylation is 3. The number of nitrogens with zero attached hydrogens (tertiary/aromatic N) is 6. The quantitative estimate of drug-likeness (QED) is 0.212. The van der Waals surface area contributed by atoms with Crippen LogP contribution in [0, 0.1) is 12.7 Å². The molecule has 1 atom stereocenters. The average molecular weight is 715 g/mol. The normalized spacial score (nSPS) is 16.2. The molecule has 0 spiro atoms. The van der Waals surface area contributed by atoms with Crippen LogP contribution in [0.25, 0.3) is 22.3 Å². The minimum atomic E-state index is -0.940. The summed E-state index contributed by atoms with van der Waals surface area (Å²) >= 11 is 12.5. The Hall–Kier alpha value is -4.36. The van der Waals surface area contributed by atoms with E-state index in [1.165, 1.54) is 17.0 Å². The van der Waals surface area contributed by atoms with E-state index in [1.54, 1.807) is 17.9 Å². The van der Waals surface area contributed by atoms with Crippen molar-refractivity contribution in [2.24, 2.45) is 0 Å². The summed E-state index contributed by atoms with van der Waals surface area (Å²) in [5.74, 6) is -0.883. The summed E-state index contributed by atoms with van der Waals surface area (Å²) in [4.78, 5) is 55.4. The van der Waals surface area contributed by atoms with Crippen molar-refractivity contribution in [1.82, 2.24) is 24.0 Å². The van der Waals surface area contributed by atoms with E-state index in [4.69, 9.17) is 38.4 Å². The van der Waals surface area contributed by atoms with Crippen molar-refractivity contribution in [2.45, 2.75) is 72.4 Å². The van der Waals surface area contributed by atoms with E-state index in [0.717, 1.165) is 4.57 Å². The van der Waals surface area contributed by atoms with Gasteiger partial charge in [0.2, 0.25) is 5.75 Å². The second-order valence-corrected chi connectivity index (χ2v) is 14.0. The lowest BCUT2D eigenvalue weighted by molar-refractivity contribution is 0.0211. The Morgan fingerprint density at radius 2 is 1.69 bits per heavy atom. The number of ether oxygens (including phenoxy) is 2. The highest BCUT2D eigenvalue weighted by molar-refractivity contribution is 6.37. The van der Waals surface area contributed by atoms with Crippen molar-refractivity contribution >= 4 is 51.6 Å². The number of nitrogen functional groups attached to an aromatic ring is 1. The van der Waals surface area contributed by atoms with Crippen molar-refractivity contribution in [3.63, 3.8) is 0 Å². The smallest absolute Gasteiger partial charge is 0.410 e. The molecule has 6 rings (SSSR count). The van der Waals surface area contributed by atoms with Crippen molar-refractivity contribution in [3.05, 3.63) is 72.1 Å². The summed E-state index contributed by atoms with van der Waals surface area (Å²) in [5.41, 5.74) is 5.86. The molecule has 1 aromatic carbocycles. The first-order valence-electron chi connectivity index (χ1n) is 16.2. The number of piperazine rings is 1. The minimum absolute atomic E-state index is 0.0378. The van der Waals surface area contributed by atoms with Crippen LogP contribution >= 0.6 is 23.2 Å². The van der Waals surface area contributed by atoms with Gasteiger partial charge in [0.15, 0.2) is 5.82 Å². The third-order valence-electron chi connectivity index (χ3n) is 8.85. The second-order valence-electron chi connectivity index (χ2n) is 13.2. The lowest BCUT2D eigenvalue weighted by atomic mass is 10.0. The number of halogens is 3. The van der Waals surface area contributed by atoms with Crippen LogP contribution in [-0.4, -0.2) is 68.0 Å². The molecule has 1 saturated heterocycles. The first-order chi connectivity index (χ1) is 23.2. The molecule has 49 heavy (non-hydrogen) atoms. The molecule has 2 aliphatic rings. The molecule has 3 aromatic heterocycles.